The van der Waals surface area contributed by atoms with Crippen molar-refractivity contribution in [1.82, 2.24) is 30.0 Å². The predicted octanol–water partition coefficient (Wildman–Crippen LogP) is 3.26. The van der Waals surface area contributed by atoms with Crippen molar-refractivity contribution in [3.63, 3.8) is 0 Å². The van der Waals surface area contributed by atoms with Gasteiger partial charge in [0, 0.05) is 6.07 Å². The molecule has 0 aliphatic heterocycles. The first kappa shape index (κ1) is 19.1. The molecule has 0 bridgehead atoms. The number of carbonyl (C=O) groups is 1. The molecule has 1 aromatic carbocycles. The molecule has 3 aromatic rings. The molecule has 0 radical (unpaired) electrons. The Hall–Kier alpha value is -2.68. The van der Waals surface area contributed by atoms with Crippen molar-refractivity contribution in [2.24, 2.45) is 0 Å². The van der Waals surface area contributed by atoms with E-state index < -0.39 is 0 Å². The molecule has 2 atom stereocenters. The van der Waals surface area contributed by atoms with Gasteiger partial charge in [-0.2, -0.15) is 9.78 Å². The van der Waals surface area contributed by atoms with Gasteiger partial charge in [0.15, 0.2) is 0 Å². The third kappa shape index (κ3) is 4.19. The number of aromatic nitrogens is 6. The Morgan fingerprint density at radius 1 is 1.26 bits per heavy atom. The van der Waals surface area contributed by atoms with Crippen LogP contribution in [0.3, 0.4) is 0 Å². The van der Waals surface area contributed by atoms with E-state index in [-0.39, 0.29) is 17.2 Å². The maximum Gasteiger partial charge on any atom is 0.238 e. The lowest BCUT2D eigenvalue weighted by atomic mass is 10.2. The fourth-order valence-corrected chi connectivity index (χ4v) is 3.38. The third-order valence-electron chi connectivity index (χ3n) is 4.37. The summed E-state index contributed by atoms with van der Waals surface area (Å²) in [6.07, 6.45) is 2.62. The van der Waals surface area contributed by atoms with Crippen LogP contribution < -0.4 is 5.32 Å². The first-order chi connectivity index (χ1) is 13.0. The average molecular weight is 385 g/mol. The minimum absolute atomic E-state index is 0.121. The minimum atomic E-state index is -0.376. The van der Waals surface area contributed by atoms with Gasteiger partial charge in [-0.3, -0.25) is 4.79 Å². The van der Waals surface area contributed by atoms with Gasteiger partial charge >= 0.3 is 0 Å². The first-order valence-corrected chi connectivity index (χ1v) is 9.74. The van der Waals surface area contributed by atoms with Crippen LogP contribution >= 0.6 is 11.8 Å². The fourth-order valence-electron chi connectivity index (χ4n) is 2.58. The fraction of sp³-hybridized carbons (Fsp3) is 0.389. The van der Waals surface area contributed by atoms with Crippen LogP contribution in [0, 0.1) is 6.92 Å². The summed E-state index contributed by atoms with van der Waals surface area (Å²) < 4.78 is 3.49. The van der Waals surface area contributed by atoms with Crippen LogP contribution in [0.15, 0.2) is 41.7 Å². The summed E-state index contributed by atoms with van der Waals surface area (Å²) in [6.45, 7) is 7.98. The maximum absolute atomic E-state index is 12.7. The molecule has 2 heterocycles. The van der Waals surface area contributed by atoms with Crippen LogP contribution in [0.4, 0.5) is 5.82 Å². The topological polar surface area (TPSA) is 90.5 Å². The molecular formula is C18H23N7OS. The number of rotatable bonds is 7. The summed E-state index contributed by atoms with van der Waals surface area (Å²) in [7, 11) is 0. The number of hydrogen-bond donors (Lipinski definition) is 1. The van der Waals surface area contributed by atoms with Crippen molar-refractivity contribution in [2.45, 2.75) is 50.6 Å². The van der Waals surface area contributed by atoms with Gasteiger partial charge in [-0.25, -0.2) is 4.68 Å². The molecule has 0 saturated heterocycles. The Balaban J connectivity index is 1.73. The second kappa shape index (κ2) is 8.34. The smallest absolute Gasteiger partial charge is 0.238 e. The number of hydrogen-bond acceptors (Lipinski definition) is 6. The molecule has 0 fully saturated rings. The van der Waals surface area contributed by atoms with Gasteiger partial charge in [0.2, 0.25) is 11.1 Å². The molecule has 1 amide bonds. The summed E-state index contributed by atoms with van der Waals surface area (Å²) in [5.74, 6) is 0.574. The van der Waals surface area contributed by atoms with E-state index in [9.17, 15) is 4.79 Å². The Kier molecular flexibility index (Phi) is 5.90. The zero-order chi connectivity index (χ0) is 19.4. The molecule has 2 aromatic heterocycles. The van der Waals surface area contributed by atoms with E-state index in [1.165, 1.54) is 11.8 Å². The Morgan fingerprint density at radius 2 is 2.04 bits per heavy atom. The van der Waals surface area contributed by atoms with Gasteiger partial charge in [0.25, 0.3) is 0 Å². The molecule has 0 unspecified atom stereocenters. The standard InChI is InChI=1S/C18H23N7OS/c1-5-13(3)24-16(10-11-19-24)20-17(26)14(4)27-18-21-22-23-25(18)15-9-7-6-8-12(15)2/h6-11,13-14H,5H2,1-4H3,(H,20,26)/t13-,14-/m1/s1. The quantitative estimate of drug-likeness (QED) is 0.628. The van der Waals surface area contributed by atoms with Crippen LogP contribution in [0.2, 0.25) is 0 Å². The van der Waals surface area contributed by atoms with E-state index in [4.69, 9.17) is 0 Å². The summed E-state index contributed by atoms with van der Waals surface area (Å²) in [4.78, 5) is 12.7. The van der Waals surface area contributed by atoms with Gasteiger partial charge < -0.3 is 5.32 Å². The molecule has 0 aliphatic carbocycles. The van der Waals surface area contributed by atoms with Crippen LogP contribution in [0.25, 0.3) is 5.69 Å². The van der Waals surface area contributed by atoms with E-state index in [2.05, 4.69) is 39.8 Å². The van der Waals surface area contributed by atoms with E-state index >= 15 is 0 Å². The molecular weight excluding hydrogens is 362 g/mol. The molecule has 1 N–H and O–H groups in total. The van der Waals surface area contributed by atoms with Gasteiger partial charge in [0.05, 0.1) is 23.2 Å². The Morgan fingerprint density at radius 3 is 2.78 bits per heavy atom. The van der Waals surface area contributed by atoms with Crippen LogP contribution in [-0.4, -0.2) is 41.1 Å². The SMILES string of the molecule is CC[C@@H](C)n1nccc1NC(=O)[C@@H](C)Sc1nnnn1-c1ccccc1C. The zero-order valence-corrected chi connectivity index (χ0v) is 16.6. The number of benzene rings is 1. The molecule has 0 saturated carbocycles. The largest absolute Gasteiger partial charge is 0.310 e. The minimum Gasteiger partial charge on any atom is -0.310 e. The van der Waals surface area contributed by atoms with Crippen molar-refractivity contribution in [2.75, 3.05) is 5.32 Å². The number of nitrogens with zero attached hydrogens (tertiary/aromatic N) is 6. The molecule has 142 valence electrons. The van der Waals surface area contributed by atoms with Crippen molar-refractivity contribution < 1.29 is 4.79 Å². The monoisotopic (exact) mass is 385 g/mol. The number of amides is 1. The number of para-hydroxylation sites is 1. The molecule has 8 nitrogen and oxygen atoms in total. The van der Waals surface area contributed by atoms with Crippen LogP contribution in [0.1, 0.15) is 38.8 Å². The number of carbonyl (C=O) groups excluding carboxylic acids is 1. The Bertz CT molecular complexity index is 920. The van der Waals surface area contributed by atoms with Gasteiger partial charge in [-0.1, -0.05) is 36.9 Å². The zero-order valence-electron chi connectivity index (χ0n) is 15.8. The lowest BCUT2D eigenvalue weighted by Crippen LogP contribution is -2.25. The Labute approximate surface area is 162 Å². The number of anilines is 1. The van der Waals surface area contributed by atoms with Crippen LogP contribution in [-0.2, 0) is 4.79 Å². The van der Waals surface area contributed by atoms with E-state index in [1.807, 2.05) is 42.8 Å². The van der Waals surface area contributed by atoms with E-state index in [0.717, 1.165) is 17.7 Å². The van der Waals surface area contributed by atoms with Gasteiger partial charge in [0.1, 0.15) is 5.82 Å². The lowest BCUT2D eigenvalue weighted by molar-refractivity contribution is -0.115. The molecule has 27 heavy (non-hydrogen) atoms. The molecule has 0 spiro atoms. The number of aryl methyl sites for hydroxylation is 1. The second-order valence-electron chi connectivity index (χ2n) is 6.33. The van der Waals surface area contributed by atoms with Crippen molar-refractivity contribution in [3.05, 3.63) is 42.1 Å². The maximum atomic E-state index is 12.7. The highest BCUT2D eigenvalue weighted by Gasteiger charge is 2.21. The molecule has 0 aliphatic rings. The second-order valence-corrected chi connectivity index (χ2v) is 7.64. The third-order valence-corrected chi connectivity index (χ3v) is 5.40. The highest BCUT2D eigenvalue weighted by molar-refractivity contribution is 8.00. The average Bonchev–Trinajstić information content (AvgIpc) is 3.31. The summed E-state index contributed by atoms with van der Waals surface area (Å²) in [6, 6.07) is 9.87. The number of nitrogens with one attached hydrogen (secondary N) is 1. The van der Waals surface area contributed by atoms with E-state index in [1.54, 1.807) is 16.9 Å². The predicted molar refractivity (Wildman–Crippen MR) is 105 cm³/mol. The van der Waals surface area contributed by atoms with Crippen molar-refractivity contribution in [3.8, 4) is 5.69 Å². The number of tetrazole rings is 1. The van der Waals surface area contributed by atoms with Gasteiger partial charge in [-0.05, 0) is 49.2 Å². The summed E-state index contributed by atoms with van der Waals surface area (Å²) in [5, 5.41) is 19.4. The molecule has 3 rings (SSSR count). The summed E-state index contributed by atoms with van der Waals surface area (Å²) >= 11 is 1.32. The highest BCUT2D eigenvalue weighted by Crippen LogP contribution is 2.25. The number of thioether (sulfide) groups is 1. The highest BCUT2D eigenvalue weighted by atomic mass is 32.2. The van der Waals surface area contributed by atoms with Gasteiger partial charge in [-0.15, -0.1) is 5.10 Å². The first-order valence-electron chi connectivity index (χ1n) is 8.86. The van der Waals surface area contributed by atoms with Crippen LogP contribution in [0.5, 0.6) is 0 Å². The normalized spacial score (nSPS) is 13.3. The van der Waals surface area contributed by atoms with Crippen molar-refractivity contribution >= 4 is 23.5 Å². The molecule has 9 heteroatoms. The van der Waals surface area contributed by atoms with Crippen molar-refractivity contribution in [1.29, 1.82) is 0 Å². The lowest BCUT2D eigenvalue weighted by Gasteiger charge is -2.16. The van der Waals surface area contributed by atoms with E-state index in [0.29, 0.717) is 11.0 Å². The summed E-state index contributed by atoms with van der Waals surface area (Å²) in [5.41, 5.74) is 1.95.